The molecule has 1 fully saturated rings. The molecule has 0 heterocycles. The number of rotatable bonds is 4. The lowest BCUT2D eigenvalue weighted by Crippen LogP contribution is -2.40. The fourth-order valence-electron chi connectivity index (χ4n) is 2.27. The third-order valence-corrected chi connectivity index (χ3v) is 3.14. The summed E-state index contributed by atoms with van der Waals surface area (Å²) in [6.45, 7) is 5.04. The molecule has 1 rings (SSSR count). The Hall–Kier alpha value is -1.66. The van der Waals surface area contributed by atoms with Crippen molar-refractivity contribution in [2.24, 2.45) is 5.92 Å². The first kappa shape index (κ1) is 16.4. The fourth-order valence-corrected chi connectivity index (χ4v) is 2.27. The van der Waals surface area contributed by atoms with Gasteiger partial charge in [-0.25, -0.2) is 0 Å². The summed E-state index contributed by atoms with van der Waals surface area (Å²) < 4.78 is 5.07. The quantitative estimate of drug-likeness (QED) is 0.477. The molecule has 0 aromatic carbocycles. The van der Waals surface area contributed by atoms with Crippen molar-refractivity contribution in [3.63, 3.8) is 0 Å². The van der Waals surface area contributed by atoms with Gasteiger partial charge >= 0.3 is 5.97 Å². The third kappa shape index (κ3) is 5.54. The minimum absolute atomic E-state index is 0.199. The third-order valence-electron chi connectivity index (χ3n) is 3.14. The van der Waals surface area contributed by atoms with Crippen molar-refractivity contribution in [2.45, 2.75) is 58.1 Å². The van der Waals surface area contributed by atoms with Crippen LogP contribution in [0.4, 0.5) is 0 Å². The van der Waals surface area contributed by atoms with Gasteiger partial charge in [-0.05, 0) is 33.6 Å². The highest BCUT2D eigenvalue weighted by Gasteiger charge is 2.33. The van der Waals surface area contributed by atoms with Gasteiger partial charge in [0.05, 0.1) is 0 Å². The van der Waals surface area contributed by atoms with Crippen LogP contribution in [0.25, 0.3) is 0 Å². The number of hydrogen-bond acceptors (Lipinski definition) is 5. The van der Waals surface area contributed by atoms with Crippen LogP contribution in [0.3, 0.4) is 0 Å². The SMILES string of the molecule is CC(C)(C)OC(=O)CNC(=O)C1CCCC([N+](=O)[O-])C1. The molecule has 1 saturated carbocycles. The van der Waals surface area contributed by atoms with E-state index in [1.54, 1.807) is 20.8 Å². The van der Waals surface area contributed by atoms with E-state index < -0.39 is 17.6 Å². The minimum Gasteiger partial charge on any atom is -0.459 e. The topological polar surface area (TPSA) is 98.5 Å². The summed E-state index contributed by atoms with van der Waals surface area (Å²) in [6.07, 6.45) is 2.05. The Kier molecular flexibility index (Phi) is 5.47. The van der Waals surface area contributed by atoms with Crippen LogP contribution in [-0.2, 0) is 14.3 Å². The van der Waals surface area contributed by atoms with Gasteiger partial charge in [0.1, 0.15) is 12.1 Å². The van der Waals surface area contributed by atoms with E-state index in [9.17, 15) is 19.7 Å². The van der Waals surface area contributed by atoms with E-state index in [0.717, 1.165) is 0 Å². The number of nitrogens with one attached hydrogen (secondary N) is 1. The summed E-state index contributed by atoms with van der Waals surface area (Å²) in [7, 11) is 0. The van der Waals surface area contributed by atoms with Crippen molar-refractivity contribution < 1.29 is 19.2 Å². The van der Waals surface area contributed by atoms with Gasteiger partial charge in [-0.1, -0.05) is 0 Å². The Morgan fingerprint density at radius 3 is 2.55 bits per heavy atom. The average Bonchev–Trinajstić information content (AvgIpc) is 2.34. The van der Waals surface area contributed by atoms with Crippen LogP contribution < -0.4 is 5.32 Å². The first-order chi connectivity index (χ1) is 9.19. The number of carbonyl (C=O) groups is 2. The van der Waals surface area contributed by atoms with E-state index in [1.807, 2.05) is 0 Å². The maximum Gasteiger partial charge on any atom is 0.325 e. The summed E-state index contributed by atoms with van der Waals surface area (Å²) in [4.78, 5) is 33.8. The van der Waals surface area contributed by atoms with Gasteiger partial charge in [0.2, 0.25) is 11.9 Å². The molecule has 114 valence electrons. The lowest BCUT2D eigenvalue weighted by atomic mass is 9.85. The van der Waals surface area contributed by atoms with E-state index >= 15 is 0 Å². The highest BCUT2D eigenvalue weighted by atomic mass is 16.6. The fraction of sp³-hybridized carbons (Fsp3) is 0.846. The Bertz CT molecular complexity index is 389. The van der Waals surface area contributed by atoms with Crippen LogP contribution in [0, 0.1) is 16.0 Å². The molecule has 0 aliphatic heterocycles. The van der Waals surface area contributed by atoms with Gasteiger partial charge in [-0.15, -0.1) is 0 Å². The molecular formula is C13H22N2O5. The van der Waals surface area contributed by atoms with Gasteiger partial charge in [0.25, 0.3) is 0 Å². The zero-order chi connectivity index (χ0) is 15.3. The number of nitrogens with zero attached hydrogens (tertiary/aromatic N) is 1. The van der Waals surface area contributed by atoms with Crippen molar-refractivity contribution >= 4 is 11.9 Å². The predicted octanol–water partition coefficient (Wildman–Crippen LogP) is 1.28. The molecule has 1 aliphatic carbocycles. The number of esters is 1. The predicted molar refractivity (Wildman–Crippen MR) is 71.6 cm³/mol. The first-order valence-electron chi connectivity index (χ1n) is 6.82. The number of carbonyl (C=O) groups excluding carboxylic acids is 2. The second-order valence-corrected chi connectivity index (χ2v) is 6.11. The zero-order valence-corrected chi connectivity index (χ0v) is 12.2. The number of amides is 1. The van der Waals surface area contributed by atoms with Crippen molar-refractivity contribution in [2.75, 3.05) is 6.54 Å². The minimum atomic E-state index is -0.652. The molecule has 0 spiro atoms. The van der Waals surface area contributed by atoms with Crippen molar-refractivity contribution in [3.8, 4) is 0 Å². The van der Waals surface area contributed by atoms with Gasteiger partial charge in [0, 0.05) is 23.7 Å². The van der Waals surface area contributed by atoms with Crippen molar-refractivity contribution in [3.05, 3.63) is 10.1 Å². The second kappa shape index (κ2) is 6.67. The van der Waals surface area contributed by atoms with Crippen LogP contribution in [0.15, 0.2) is 0 Å². The van der Waals surface area contributed by atoms with Crippen LogP contribution in [0.1, 0.15) is 46.5 Å². The van der Waals surface area contributed by atoms with Crippen molar-refractivity contribution in [1.29, 1.82) is 0 Å². The Labute approximate surface area is 118 Å². The molecule has 7 heteroatoms. The maximum absolute atomic E-state index is 11.9. The highest BCUT2D eigenvalue weighted by Crippen LogP contribution is 2.26. The molecule has 0 saturated heterocycles. The van der Waals surface area contributed by atoms with Gasteiger partial charge in [0.15, 0.2) is 0 Å². The van der Waals surface area contributed by atoms with E-state index in [1.165, 1.54) is 0 Å². The smallest absolute Gasteiger partial charge is 0.325 e. The van der Waals surface area contributed by atoms with E-state index in [0.29, 0.717) is 19.3 Å². The van der Waals surface area contributed by atoms with E-state index in [4.69, 9.17) is 4.74 Å². The summed E-state index contributed by atoms with van der Waals surface area (Å²) in [5.41, 5.74) is -0.594. The Morgan fingerprint density at radius 2 is 2.00 bits per heavy atom. The monoisotopic (exact) mass is 286 g/mol. The largest absolute Gasteiger partial charge is 0.459 e. The number of ether oxygens (including phenoxy) is 1. The summed E-state index contributed by atoms with van der Waals surface area (Å²) in [5, 5.41) is 13.2. The molecule has 7 nitrogen and oxygen atoms in total. The lowest BCUT2D eigenvalue weighted by molar-refractivity contribution is -0.527. The number of hydrogen-bond donors (Lipinski definition) is 1. The first-order valence-corrected chi connectivity index (χ1v) is 6.82. The molecular weight excluding hydrogens is 264 g/mol. The Morgan fingerprint density at radius 1 is 1.35 bits per heavy atom. The zero-order valence-electron chi connectivity index (χ0n) is 12.2. The average molecular weight is 286 g/mol. The van der Waals surface area contributed by atoms with Crippen LogP contribution in [-0.4, -0.2) is 35.0 Å². The van der Waals surface area contributed by atoms with Crippen LogP contribution in [0.2, 0.25) is 0 Å². The van der Waals surface area contributed by atoms with E-state index in [2.05, 4.69) is 5.32 Å². The molecule has 0 aromatic rings. The van der Waals surface area contributed by atoms with Crippen LogP contribution in [0.5, 0.6) is 0 Å². The van der Waals surface area contributed by atoms with Gasteiger partial charge in [-0.2, -0.15) is 0 Å². The second-order valence-electron chi connectivity index (χ2n) is 6.11. The summed E-state index contributed by atoms with van der Waals surface area (Å²) in [5.74, 6) is -1.20. The Balaban J connectivity index is 2.39. The molecule has 1 amide bonds. The van der Waals surface area contributed by atoms with E-state index in [-0.39, 0.29) is 29.7 Å². The standard InChI is InChI=1S/C13H22N2O5/c1-13(2,3)20-11(16)8-14-12(17)9-5-4-6-10(7-9)15(18)19/h9-10H,4-8H2,1-3H3,(H,14,17). The van der Waals surface area contributed by atoms with Gasteiger partial charge < -0.3 is 10.1 Å². The molecule has 20 heavy (non-hydrogen) atoms. The highest BCUT2D eigenvalue weighted by molar-refractivity contribution is 5.83. The lowest BCUT2D eigenvalue weighted by Gasteiger charge is -2.24. The molecule has 1 N–H and O–H groups in total. The van der Waals surface area contributed by atoms with Crippen molar-refractivity contribution in [1.82, 2.24) is 5.32 Å². The normalized spacial score (nSPS) is 22.9. The van der Waals surface area contributed by atoms with Crippen LogP contribution >= 0.6 is 0 Å². The molecule has 0 radical (unpaired) electrons. The molecule has 2 atom stereocenters. The summed E-state index contributed by atoms with van der Waals surface area (Å²) >= 11 is 0. The summed E-state index contributed by atoms with van der Waals surface area (Å²) in [6, 6.07) is -0.652. The number of nitro groups is 1. The molecule has 0 aromatic heterocycles. The molecule has 0 bridgehead atoms. The maximum atomic E-state index is 11.9. The molecule has 2 unspecified atom stereocenters. The van der Waals surface area contributed by atoms with Gasteiger partial charge in [-0.3, -0.25) is 19.7 Å². The molecule has 1 aliphatic rings.